The first-order valence-electron chi connectivity index (χ1n) is 4.98. The molecule has 1 aromatic carbocycles. The van der Waals surface area contributed by atoms with E-state index in [1.807, 2.05) is 29.1 Å². The summed E-state index contributed by atoms with van der Waals surface area (Å²) in [5.74, 6) is 0. The Labute approximate surface area is 98.1 Å². The van der Waals surface area contributed by atoms with Gasteiger partial charge in [-0.2, -0.15) is 5.10 Å². The van der Waals surface area contributed by atoms with Gasteiger partial charge >= 0.3 is 0 Å². The second kappa shape index (κ2) is 4.19. The average molecular weight is 265 g/mol. The zero-order chi connectivity index (χ0) is 10.8. The Balaban J connectivity index is 2.57. The van der Waals surface area contributed by atoms with Gasteiger partial charge in [0.2, 0.25) is 0 Å². The first-order valence-corrected chi connectivity index (χ1v) is 5.78. The predicted molar refractivity (Wildman–Crippen MR) is 65.7 cm³/mol. The smallest absolute Gasteiger partial charge is 0.0827 e. The summed E-state index contributed by atoms with van der Waals surface area (Å²) in [4.78, 5) is 0. The predicted octanol–water partition coefficient (Wildman–Crippen LogP) is 3.89. The van der Waals surface area contributed by atoms with E-state index in [0.717, 1.165) is 10.2 Å². The van der Waals surface area contributed by atoms with Crippen LogP contribution in [0, 0.1) is 0 Å². The topological polar surface area (TPSA) is 17.8 Å². The van der Waals surface area contributed by atoms with E-state index in [2.05, 4.69) is 47.0 Å². The summed E-state index contributed by atoms with van der Waals surface area (Å²) >= 11 is 3.54. The van der Waals surface area contributed by atoms with Gasteiger partial charge in [-0.05, 0) is 29.8 Å². The molecule has 0 radical (unpaired) electrons. The van der Waals surface area contributed by atoms with Crippen LogP contribution in [0.25, 0.3) is 11.3 Å². The molecular formula is C12H13BrN2. The number of rotatable bonds is 2. The molecule has 0 N–H and O–H groups in total. The maximum Gasteiger partial charge on any atom is 0.0827 e. The van der Waals surface area contributed by atoms with Crippen molar-refractivity contribution in [2.75, 3.05) is 0 Å². The van der Waals surface area contributed by atoms with Gasteiger partial charge in [-0.3, -0.25) is 4.68 Å². The molecular weight excluding hydrogens is 252 g/mol. The summed E-state index contributed by atoms with van der Waals surface area (Å²) in [5, 5.41) is 4.36. The minimum atomic E-state index is 0.367. The van der Waals surface area contributed by atoms with Crippen LogP contribution in [0.15, 0.2) is 41.0 Å². The molecule has 0 spiro atoms. The van der Waals surface area contributed by atoms with Gasteiger partial charge in [0.1, 0.15) is 0 Å². The normalized spacial score (nSPS) is 10.9. The molecule has 0 aliphatic carbocycles. The number of hydrogen-bond acceptors (Lipinski definition) is 1. The van der Waals surface area contributed by atoms with Gasteiger partial charge in [-0.25, -0.2) is 0 Å². The number of benzene rings is 1. The highest BCUT2D eigenvalue weighted by Crippen LogP contribution is 2.29. The van der Waals surface area contributed by atoms with Crippen LogP contribution in [-0.2, 0) is 0 Å². The molecule has 0 amide bonds. The fourth-order valence-electron chi connectivity index (χ4n) is 1.60. The van der Waals surface area contributed by atoms with E-state index in [4.69, 9.17) is 0 Å². The lowest BCUT2D eigenvalue weighted by Gasteiger charge is -2.11. The molecule has 0 unspecified atom stereocenters. The summed E-state index contributed by atoms with van der Waals surface area (Å²) in [6, 6.07) is 10.7. The minimum Gasteiger partial charge on any atom is -0.261 e. The third-order valence-electron chi connectivity index (χ3n) is 2.29. The number of aromatic nitrogens is 2. The zero-order valence-corrected chi connectivity index (χ0v) is 10.4. The Kier molecular flexibility index (Phi) is 2.91. The Morgan fingerprint density at radius 3 is 2.47 bits per heavy atom. The standard InChI is InChI=1S/C12H13BrN2/c1-9(2)15-12(11(13)8-14-15)10-6-4-3-5-7-10/h3-9H,1-2H3. The highest BCUT2D eigenvalue weighted by molar-refractivity contribution is 9.10. The van der Waals surface area contributed by atoms with Crippen LogP contribution >= 0.6 is 15.9 Å². The minimum absolute atomic E-state index is 0.367. The fourth-order valence-corrected chi connectivity index (χ4v) is 2.10. The molecule has 1 heterocycles. The fraction of sp³-hybridized carbons (Fsp3) is 0.250. The van der Waals surface area contributed by atoms with Gasteiger partial charge in [0, 0.05) is 11.6 Å². The summed E-state index contributed by atoms with van der Waals surface area (Å²) in [6.45, 7) is 4.26. The summed E-state index contributed by atoms with van der Waals surface area (Å²) < 4.78 is 3.07. The van der Waals surface area contributed by atoms with Crippen molar-refractivity contribution in [1.29, 1.82) is 0 Å². The molecule has 0 atom stereocenters. The number of hydrogen-bond donors (Lipinski definition) is 0. The van der Waals surface area contributed by atoms with Crippen molar-refractivity contribution in [2.24, 2.45) is 0 Å². The van der Waals surface area contributed by atoms with Crippen molar-refractivity contribution in [3.05, 3.63) is 41.0 Å². The molecule has 2 nitrogen and oxygen atoms in total. The number of halogens is 1. The zero-order valence-electron chi connectivity index (χ0n) is 8.81. The molecule has 0 fully saturated rings. The lowest BCUT2D eigenvalue weighted by atomic mass is 10.1. The summed E-state index contributed by atoms with van der Waals surface area (Å²) in [6.07, 6.45) is 1.85. The van der Waals surface area contributed by atoms with E-state index < -0.39 is 0 Å². The maximum atomic E-state index is 4.36. The van der Waals surface area contributed by atoms with Crippen molar-refractivity contribution in [3.8, 4) is 11.3 Å². The maximum absolute atomic E-state index is 4.36. The van der Waals surface area contributed by atoms with E-state index in [1.165, 1.54) is 5.56 Å². The molecule has 3 heteroatoms. The lowest BCUT2D eigenvalue weighted by Crippen LogP contribution is -2.04. The van der Waals surface area contributed by atoms with Gasteiger partial charge in [0.15, 0.2) is 0 Å². The average Bonchev–Trinajstić information content (AvgIpc) is 2.61. The SMILES string of the molecule is CC(C)n1ncc(Br)c1-c1ccccc1. The van der Waals surface area contributed by atoms with Gasteiger partial charge in [0.05, 0.1) is 16.4 Å². The molecule has 0 aliphatic heterocycles. The van der Waals surface area contributed by atoms with Gasteiger partial charge < -0.3 is 0 Å². The van der Waals surface area contributed by atoms with E-state index in [1.54, 1.807) is 0 Å². The van der Waals surface area contributed by atoms with Crippen LogP contribution in [-0.4, -0.2) is 9.78 Å². The van der Waals surface area contributed by atoms with E-state index in [0.29, 0.717) is 6.04 Å². The molecule has 2 rings (SSSR count). The monoisotopic (exact) mass is 264 g/mol. The third kappa shape index (κ3) is 1.97. The Morgan fingerprint density at radius 1 is 1.20 bits per heavy atom. The van der Waals surface area contributed by atoms with Crippen LogP contribution in [0.4, 0.5) is 0 Å². The summed E-state index contributed by atoms with van der Waals surface area (Å²) in [5.41, 5.74) is 2.33. The molecule has 0 aliphatic rings. The van der Waals surface area contributed by atoms with Crippen molar-refractivity contribution >= 4 is 15.9 Å². The van der Waals surface area contributed by atoms with E-state index >= 15 is 0 Å². The summed E-state index contributed by atoms with van der Waals surface area (Å²) in [7, 11) is 0. The van der Waals surface area contributed by atoms with Crippen molar-refractivity contribution in [1.82, 2.24) is 9.78 Å². The van der Waals surface area contributed by atoms with Crippen LogP contribution in [0.1, 0.15) is 19.9 Å². The van der Waals surface area contributed by atoms with Gasteiger partial charge in [-0.15, -0.1) is 0 Å². The third-order valence-corrected chi connectivity index (χ3v) is 2.87. The molecule has 0 bridgehead atoms. The van der Waals surface area contributed by atoms with Crippen LogP contribution < -0.4 is 0 Å². The molecule has 2 aromatic rings. The second-order valence-electron chi connectivity index (χ2n) is 3.75. The first kappa shape index (κ1) is 10.4. The van der Waals surface area contributed by atoms with Crippen LogP contribution in [0.3, 0.4) is 0 Å². The van der Waals surface area contributed by atoms with Gasteiger partial charge in [0.25, 0.3) is 0 Å². The van der Waals surface area contributed by atoms with Gasteiger partial charge in [-0.1, -0.05) is 30.3 Å². The Morgan fingerprint density at radius 2 is 1.87 bits per heavy atom. The molecule has 1 aromatic heterocycles. The number of nitrogens with zero attached hydrogens (tertiary/aromatic N) is 2. The Hall–Kier alpha value is -1.09. The molecule has 0 saturated carbocycles. The largest absolute Gasteiger partial charge is 0.261 e. The van der Waals surface area contributed by atoms with Crippen molar-refractivity contribution in [2.45, 2.75) is 19.9 Å². The highest BCUT2D eigenvalue weighted by Gasteiger charge is 2.12. The molecule has 0 saturated heterocycles. The highest BCUT2D eigenvalue weighted by atomic mass is 79.9. The van der Waals surface area contributed by atoms with Crippen LogP contribution in [0.2, 0.25) is 0 Å². The Bertz CT molecular complexity index is 446. The second-order valence-corrected chi connectivity index (χ2v) is 4.60. The lowest BCUT2D eigenvalue weighted by molar-refractivity contribution is 0.538. The molecule has 15 heavy (non-hydrogen) atoms. The van der Waals surface area contributed by atoms with E-state index in [-0.39, 0.29) is 0 Å². The quantitative estimate of drug-likeness (QED) is 0.805. The molecule has 78 valence electrons. The van der Waals surface area contributed by atoms with Crippen molar-refractivity contribution < 1.29 is 0 Å². The van der Waals surface area contributed by atoms with E-state index in [9.17, 15) is 0 Å². The first-order chi connectivity index (χ1) is 7.20. The van der Waals surface area contributed by atoms with Crippen molar-refractivity contribution in [3.63, 3.8) is 0 Å². The van der Waals surface area contributed by atoms with Crippen LogP contribution in [0.5, 0.6) is 0 Å².